The van der Waals surface area contributed by atoms with Crippen LogP contribution in [0.15, 0.2) is 48.5 Å². The van der Waals surface area contributed by atoms with E-state index in [1.807, 2.05) is 12.1 Å². The number of rotatable bonds is 3. The van der Waals surface area contributed by atoms with E-state index in [2.05, 4.69) is 59.0 Å². The molecule has 0 amide bonds. The van der Waals surface area contributed by atoms with Crippen molar-refractivity contribution in [3.63, 3.8) is 0 Å². The third kappa shape index (κ3) is 2.99. The Kier molecular flexibility index (Phi) is 4.27. The summed E-state index contributed by atoms with van der Waals surface area (Å²) in [7, 11) is 0. The molecule has 1 heterocycles. The molecule has 0 aliphatic carbocycles. The van der Waals surface area contributed by atoms with Crippen molar-refractivity contribution in [2.24, 2.45) is 5.73 Å². The minimum absolute atomic E-state index is 0.139. The Balaban J connectivity index is 1.78. The lowest BCUT2D eigenvalue weighted by Gasteiger charge is -2.30. The van der Waals surface area contributed by atoms with Crippen LogP contribution in [-0.2, 0) is 6.42 Å². The molecule has 1 aliphatic rings. The van der Waals surface area contributed by atoms with Crippen molar-refractivity contribution in [1.82, 2.24) is 0 Å². The van der Waals surface area contributed by atoms with Crippen LogP contribution >= 0.6 is 22.6 Å². The summed E-state index contributed by atoms with van der Waals surface area (Å²) in [4.78, 5) is 0. The molecule has 104 valence electrons. The zero-order valence-corrected chi connectivity index (χ0v) is 13.4. The van der Waals surface area contributed by atoms with Gasteiger partial charge in [0.25, 0.3) is 0 Å². The van der Waals surface area contributed by atoms with Crippen molar-refractivity contribution in [1.29, 1.82) is 0 Å². The molecule has 1 aliphatic heterocycles. The van der Waals surface area contributed by atoms with E-state index in [9.17, 15) is 0 Å². The van der Waals surface area contributed by atoms with Crippen molar-refractivity contribution in [3.05, 3.63) is 63.2 Å². The molecular weight excluding hydrogens is 361 g/mol. The topological polar surface area (TPSA) is 35.2 Å². The van der Waals surface area contributed by atoms with Gasteiger partial charge in [0.15, 0.2) is 0 Å². The van der Waals surface area contributed by atoms with E-state index in [1.165, 1.54) is 14.7 Å². The van der Waals surface area contributed by atoms with Crippen LogP contribution in [0.1, 0.15) is 23.5 Å². The van der Waals surface area contributed by atoms with Gasteiger partial charge in [0.2, 0.25) is 0 Å². The van der Waals surface area contributed by atoms with E-state index in [4.69, 9.17) is 10.5 Å². The zero-order valence-electron chi connectivity index (χ0n) is 11.3. The molecular formula is C17H18INO. The van der Waals surface area contributed by atoms with Crippen LogP contribution in [0.2, 0.25) is 0 Å². The zero-order chi connectivity index (χ0) is 13.9. The number of hydrogen-bond acceptors (Lipinski definition) is 2. The summed E-state index contributed by atoms with van der Waals surface area (Å²) >= 11 is 2.33. The van der Waals surface area contributed by atoms with Gasteiger partial charge in [-0.2, -0.15) is 0 Å². The fourth-order valence-corrected chi connectivity index (χ4v) is 3.21. The van der Waals surface area contributed by atoms with Crippen LogP contribution in [0.4, 0.5) is 0 Å². The van der Waals surface area contributed by atoms with Gasteiger partial charge in [-0.05, 0) is 64.8 Å². The Labute approximate surface area is 133 Å². The first-order chi connectivity index (χ1) is 9.74. The van der Waals surface area contributed by atoms with Gasteiger partial charge >= 0.3 is 0 Å². The lowest BCUT2D eigenvalue weighted by atomic mass is 9.84. The van der Waals surface area contributed by atoms with Gasteiger partial charge in [-0.15, -0.1) is 0 Å². The lowest BCUT2D eigenvalue weighted by molar-refractivity contribution is 0.254. The van der Waals surface area contributed by atoms with Gasteiger partial charge in [-0.1, -0.05) is 30.3 Å². The van der Waals surface area contributed by atoms with E-state index in [1.54, 1.807) is 0 Å². The Morgan fingerprint density at radius 1 is 1.15 bits per heavy atom. The number of halogens is 1. The lowest BCUT2D eigenvalue weighted by Crippen LogP contribution is -2.34. The van der Waals surface area contributed by atoms with E-state index in [0.717, 1.165) is 25.2 Å². The van der Waals surface area contributed by atoms with Crippen molar-refractivity contribution in [3.8, 4) is 5.75 Å². The number of para-hydroxylation sites is 1. The third-order valence-electron chi connectivity index (χ3n) is 3.91. The van der Waals surface area contributed by atoms with Crippen LogP contribution in [0, 0.1) is 3.57 Å². The highest BCUT2D eigenvalue weighted by molar-refractivity contribution is 14.1. The molecule has 0 fully saturated rings. The molecule has 3 rings (SSSR count). The maximum absolute atomic E-state index is 6.48. The second-order valence-electron chi connectivity index (χ2n) is 5.28. The van der Waals surface area contributed by atoms with Crippen molar-refractivity contribution in [2.75, 3.05) is 6.61 Å². The SMILES string of the molecule is NC(Cc1ccc(I)cc1)C1CCOc2ccccc21. The number of nitrogens with two attached hydrogens (primary N) is 1. The van der Waals surface area contributed by atoms with Crippen LogP contribution in [0.5, 0.6) is 5.75 Å². The van der Waals surface area contributed by atoms with Crippen LogP contribution in [-0.4, -0.2) is 12.6 Å². The number of ether oxygens (including phenoxy) is 1. The van der Waals surface area contributed by atoms with Gasteiger partial charge in [-0.3, -0.25) is 0 Å². The van der Waals surface area contributed by atoms with E-state index >= 15 is 0 Å². The van der Waals surface area contributed by atoms with Crippen LogP contribution < -0.4 is 10.5 Å². The van der Waals surface area contributed by atoms with Crippen LogP contribution in [0.25, 0.3) is 0 Å². The summed E-state index contributed by atoms with van der Waals surface area (Å²) in [5.74, 6) is 1.39. The highest BCUT2D eigenvalue weighted by atomic mass is 127. The largest absolute Gasteiger partial charge is 0.493 e. The first kappa shape index (κ1) is 13.9. The van der Waals surface area contributed by atoms with Gasteiger partial charge in [0, 0.05) is 15.5 Å². The maximum atomic E-state index is 6.48. The minimum Gasteiger partial charge on any atom is -0.493 e. The minimum atomic E-state index is 0.139. The molecule has 0 saturated heterocycles. The average Bonchev–Trinajstić information content (AvgIpc) is 2.49. The molecule has 2 atom stereocenters. The third-order valence-corrected chi connectivity index (χ3v) is 4.63. The van der Waals surface area contributed by atoms with Gasteiger partial charge in [-0.25, -0.2) is 0 Å². The Morgan fingerprint density at radius 3 is 2.70 bits per heavy atom. The molecule has 2 aromatic carbocycles. The molecule has 3 heteroatoms. The molecule has 2 unspecified atom stereocenters. The fourth-order valence-electron chi connectivity index (χ4n) is 2.85. The quantitative estimate of drug-likeness (QED) is 0.825. The molecule has 2 nitrogen and oxygen atoms in total. The van der Waals surface area contributed by atoms with Crippen molar-refractivity contribution in [2.45, 2.75) is 24.8 Å². The number of hydrogen-bond donors (Lipinski definition) is 1. The molecule has 2 N–H and O–H groups in total. The van der Waals surface area contributed by atoms with E-state index < -0.39 is 0 Å². The standard InChI is InChI=1S/C17H18INO/c18-13-7-5-12(6-8-13)11-16(19)14-9-10-20-17-4-2-1-3-15(14)17/h1-8,14,16H,9-11,19H2. The molecule has 0 spiro atoms. The summed E-state index contributed by atoms with van der Waals surface area (Å²) in [5.41, 5.74) is 9.04. The summed E-state index contributed by atoms with van der Waals surface area (Å²) < 4.78 is 6.97. The molecule has 0 saturated carbocycles. The molecule has 0 aromatic heterocycles. The van der Waals surface area contributed by atoms with Gasteiger partial charge in [0.05, 0.1) is 6.61 Å². The summed E-state index contributed by atoms with van der Waals surface area (Å²) in [6, 6.07) is 17.0. The van der Waals surface area contributed by atoms with Crippen LogP contribution in [0.3, 0.4) is 0 Å². The first-order valence-corrected chi connectivity index (χ1v) is 8.03. The Hall–Kier alpha value is -1.07. The maximum Gasteiger partial charge on any atom is 0.122 e. The summed E-state index contributed by atoms with van der Waals surface area (Å²) in [5, 5.41) is 0. The van der Waals surface area contributed by atoms with Gasteiger partial charge in [0.1, 0.15) is 5.75 Å². The molecule has 2 aromatic rings. The van der Waals surface area contributed by atoms with Crippen molar-refractivity contribution >= 4 is 22.6 Å². The predicted molar refractivity (Wildman–Crippen MR) is 90.1 cm³/mol. The smallest absolute Gasteiger partial charge is 0.122 e. The monoisotopic (exact) mass is 379 g/mol. The highest BCUT2D eigenvalue weighted by Gasteiger charge is 2.26. The average molecular weight is 379 g/mol. The predicted octanol–water partition coefficient (Wildman–Crippen LogP) is 3.73. The molecule has 20 heavy (non-hydrogen) atoms. The van der Waals surface area contributed by atoms with Crippen molar-refractivity contribution < 1.29 is 4.74 Å². The van der Waals surface area contributed by atoms with E-state index in [0.29, 0.717) is 5.92 Å². The Bertz CT molecular complexity index is 582. The van der Waals surface area contributed by atoms with E-state index in [-0.39, 0.29) is 6.04 Å². The molecule has 0 bridgehead atoms. The summed E-state index contributed by atoms with van der Waals surface area (Å²) in [6.07, 6.45) is 1.92. The second kappa shape index (κ2) is 6.14. The highest BCUT2D eigenvalue weighted by Crippen LogP contribution is 2.35. The normalized spacial score (nSPS) is 19.0. The fraction of sp³-hybridized carbons (Fsp3) is 0.294. The van der Waals surface area contributed by atoms with Gasteiger partial charge < -0.3 is 10.5 Å². The first-order valence-electron chi connectivity index (χ1n) is 6.96. The number of benzene rings is 2. The Morgan fingerprint density at radius 2 is 1.90 bits per heavy atom. The summed E-state index contributed by atoms with van der Waals surface area (Å²) in [6.45, 7) is 0.766. The number of fused-ring (bicyclic) bond motifs is 1. The molecule has 0 radical (unpaired) electrons. The second-order valence-corrected chi connectivity index (χ2v) is 6.52.